The summed E-state index contributed by atoms with van der Waals surface area (Å²) >= 11 is 5.39. The number of imide groups is 1. The molecule has 1 atom stereocenters. The zero-order chi connectivity index (χ0) is 18.7. The van der Waals surface area contributed by atoms with Gasteiger partial charge in [0, 0.05) is 6.54 Å². The maximum Gasteiger partial charge on any atom is 0.257 e. The number of rotatable bonds is 5. The largest absolute Gasteiger partial charge is 0.467 e. The summed E-state index contributed by atoms with van der Waals surface area (Å²) in [5.74, 6) is -0.549. The lowest BCUT2D eigenvalue weighted by Crippen LogP contribution is -2.49. The van der Waals surface area contributed by atoms with Crippen molar-refractivity contribution in [2.45, 2.75) is 25.9 Å². The van der Waals surface area contributed by atoms with E-state index in [9.17, 15) is 14.0 Å². The topological polar surface area (TPSA) is 65.8 Å². The van der Waals surface area contributed by atoms with E-state index in [2.05, 4.69) is 5.32 Å². The van der Waals surface area contributed by atoms with Crippen LogP contribution >= 0.6 is 12.2 Å². The van der Waals surface area contributed by atoms with E-state index in [1.54, 1.807) is 17.0 Å². The summed E-state index contributed by atoms with van der Waals surface area (Å²) in [7, 11) is 0. The molecule has 1 aliphatic rings. The molecule has 1 unspecified atom stereocenters. The zero-order valence-electron chi connectivity index (χ0n) is 14.1. The Kier molecular flexibility index (Phi) is 5.32. The van der Waals surface area contributed by atoms with Crippen LogP contribution in [0.2, 0.25) is 0 Å². The average Bonchev–Trinajstić information content (AvgIpc) is 3.22. The number of anilines is 1. The summed E-state index contributed by atoms with van der Waals surface area (Å²) in [6.07, 6.45) is 1.53. The Morgan fingerprint density at radius 3 is 2.69 bits per heavy atom. The number of amides is 2. The number of carbonyl (C=O) groups is 2. The average molecular weight is 375 g/mol. The smallest absolute Gasteiger partial charge is 0.257 e. The number of halogens is 1. The maximum atomic E-state index is 13.1. The predicted octanol–water partition coefficient (Wildman–Crippen LogP) is 2.45. The third-order valence-electron chi connectivity index (χ3n) is 4.08. The van der Waals surface area contributed by atoms with Crippen LogP contribution in [0.4, 0.5) is 10.1 Å². The van der Waals surface area contributed by atoms with Gasteiger partial charge in [0.05, 0.1) is 24.9 Å². The zero-order valence-corrected chi connectivity index (χ0v) is 15.0. The molecule has 2 aromatic rings. The van der Waals surface area contributed by atoms with Crippen LogP contribution in [0.3, 0.4) is 0 Å². The summed E-state index contributed by atoms with van der Waals surface area (Å²) in [6.45, 7) is 2.74. The standard InChI is InChI=1S/C18H18FN3O3S/c1-2-20-18(26)21(11-14-4-3-9-25-14)15-10-16(23)22(17(15)24)13-7-5-12(19)6-8-13/h3-9,15H,2,10-11H2,1H3,(H,20,26). The number of hydrogen-bond acceptors (Lipinski definition) is 4. The first-order valence-corrected chi connectivity index (χ1v) is 8.61. The minimum atomic E-state index is -0.746. The maximum absolute atomic E-state index is 13.1. The van der Waals surface area contributed by atoms with Crippen molar-refractivity contribution in [3.63, 3.8) is 0 Å². The van der Waals surface area contributed by atoms with Gasteiger partial charge in [-0.3, -0.25) is 9.59 Å². The first-order chi connectivity index (χ1) is 12.5. The van der Waals surface area contributed by atoms with Crippen molar-refractivity contribution < 1.29 is 18.4 Å². The van der Waals surface area contributed by atoms with Gasteiger partial charge in [-0.2, -0.15) is 0 Å². The van der Waals surface area contributed by atoms with Gasteiger partial charge in [-0.25, -0.2) is 9.29 Å². The van der Waals surface area contributed by atoms with E-state index in [0.29, 0.717) is 23.1 Å². The predicted molar refractivity (Wildman–Crippen MR) is 97.8 cm³/mol. The SMILES string of the molecule is CCNC(=S)N(Cc1ccco1)C1CC(=O)N(c2ccc(F)cc2)C1=O. The molecule has 3 rings (SSSR count). The number of thiocarbonyl (C=S) groups is 1. The fourth-order valence-corrected chi connectivity index (χ4v) is 3.20. The lowest BCUT2D eigenvalue weighted by molar-refractivity contribution is -0.122. The van der Waals surface area contributed by atoms with Crippen molar-refractivity contribution >= 4 is 34.8 Å². The highest BCUT2D eigenvalue weighted by Gasteiger charge is 2.43. The quantitative estimate of drug-likeness (QED) is 0.640. The molecule has 1 aliphatic heterocycles. The molecule has 1 fully saturated rings. The molecule has 26 heavy (non-hydrogen) atoms. The Balaban J connectivity index is 1.87. The van der Waals surface area contributed by atoms with E-state index in [0.717, 1.165) is 4.90 Å². The summed E-state index contributed by atoms with van der Waals surface area (Å²) in [4.78, 5) is 28.1. The number of nitrogens with zero attached hydrogens (tertiary/aromatic N) is 2. The van der Waals surface area contributed by atoms with E-state index in [1.165, 1.54) is 30.5 Å². The van der Waals surface area contributed by atoms with Gasteiger partial charge in [-0.1, -0.05) is 0 Å². The van der Waals surface area contributed by atoms with Gasteiger partial charge in [-0.05, 0) is 55.5 Å². The van der Waals surface area contributed by atoms with Gasteiger partial charge < -0.3 is 14.6 Å². The molecule has 0 aliphatic carbocycles. The summed E-state index contributed by atoms with van der Waals surface area (Å²) in [5.41, 5.74) is 0.344. The van der Waals surface area contributed by atoms with Crippen molar-refractivity contribution in [1.82, 2.24) is 10.2 Å². The van der Waals surface area contributed by atoms with Crippen LogP contribution in [0.5, 0.6) is 0 Å². The highest BCUT2D eigenvalue weighted by molar-refractivity contribution is 7.80. The van der Waals surface area contributed by atoms with Crippen LogP contribution in [0.15, 0.2) is 47.1 Å². The second-order valence-electron chi connectivity index (χ2n) is 5.81. The molecule has 0 bridgehead atoms. The van der Waals surface area contributed by atoms with Gasteiger partial charge in [0.15, 0.2) is 5.11 Å². The Bertz CT molecular complexity index is 808. The highest BCUT2D eigenvalue weighted by atomic mass is 32.1. The Morgan fingerprint density at radius 1 is 1.35 bits per heavy atom. The van der Waals surface area contributed by atoms with E-state index in [4.69, 9.17) is 16.6 Å². The van der Waals surface area contributed by atoms with Gasteiger partial charge in [0.1, 0.15) is 17.6 Å². The first-order valence-electron chi connectivity index (χ1n) is 8.20. The molecule has 1 saturated heterocycles. The normalized spacial score (nSPS) is 16.8. The molecular weight excluding hydrogens is 357 g/mol. The number of nitrogens with one attached hydrogen (secondary N) is 1. The fraction of sp³-hybridized carbons (Fsp3) is 0.278. The molecule has 8 heteroatoms. The lowest BCUT2D eigenvalue weighted by Gasteiger charge is -2.29. The molecule has 0 radical (unpaired) electrons. The second kappa shape index (κ2) is 7.65. The summed E-state index contributed by atoms with van der Waals surface area (Å²) in [6, 6.07) is 8.03. The minimum Gasteiger partial charge on any atom is -0.467 e. The van der Waals surface area contributed by atoms with Crippen LogP contribution in [0.1, 0.15) is 19.1 Å². The van der Waals surface area contributed by atoms with Crippen LogP contribution in [-0.2, 0) is 16.1 Å². The summed E-state index contributed by atoms with van der Waals surface area (Å²) in [5, 5.41) is 3.39. The molecule has 136 valence electrons. The van der Waals surface area contributed by atoms with Crippen LogP contribution in [-0.4, -0.2) is 34.4 Å². The first kappa shape index (κ1) is 18.1. The van der Waals surface area contributed by atoms with Crippen LogP contribution in [0, 0.1) is 5.82 Å². The molecule has 0 saturated carbocycles. The van der Waals surface area contributed by atoms with Gasteiger partial charge in [-0.15, -0.1) is 0 Å². The van der Waals surface area contributed by atoms with Crippen molar-refractivity contribution in [3.05, 3.63) is 54.2 Å². The summed E-state index contributed by atoms with van der Waals surface area (Å²) < 4.78 is 18.5. The Labute approximate surface area is 155 Å². The Hall–Kier alpha value is -2.74. The van der Waals surface area contributed by atoms with E-state index >= 15 is 0 Å². The number of benzene rings is 1. The third kappa shape index (κ3) is 3.60. The molecular formula is C18H18FN3O3S. The molecule has 1 aromatic heterocycles. The van der Waals surface area contributed by atoms with Crippen molar-refractivity contribution in [2.24, 2.45) is 0 Å². The van der Waals surface area contributed by atoms with Crippen LogP contribution in [0.25, 0.3) is 0 Å². The van der Waals surface area contributed by atoms with Gasteiger partial charge >= 0.3 is 0 Å². The molecule has 6 nitrogen and oxygen atoms in total. The monoisotopic (exact) mass is 375 g/mol. The van der Waals surface area contributed by atoms with Crippen molar-refractivity contribution in [3.8, 4) is 0 Å². The number of carbonyl (C=O) groups excluding carboxylic acids is 2. The molecule has 2 heterocycles. The van der Waals surface area contributed by atoms with Crippen molar-refractivity contribution in [1.29, 1.82) is 0 Å². The number of furan rings is 1. The molecule has 2 amide bonds. The van der Waals surface area contributed by atoms with E-state index in [-0.39, 0.29) is 18.9 Å². The van der Waals surface area contributed by atoms with E-state index in [1.807, 2.05) is 6.92 Å². The van der Waals surface area contributed by atoms with E-state index < -0.39 is 17.8 Å². The fourth-order valence-electron chi connectivity index (χ4n) is 2.87. The third-order valence-corrected chi connectivity index (χ3v) is 4.46. The minimum absolute atomic E-state index is 0.0115. The molecule has 1 N–H and O–H groups in total. The molecule has 0 spiro atoms. The molecule has 1 aromatic carbocycles. The highest BCUT2D eigenvalue weighted by Crippen LogP contribution is 2.27. The number of hydrogen-bond donors (Lipinski definition) is 1. The van der Waals surface area contributed by atoms with Gasteiger partial charge in [0.2, 0.25) is 5.91 Å². The lowest BCUT2D eigenvalue weighted by atomic mass is 10.2. The van der Waals surface area contributed by atoms with Gasteiger partial charge in [0.25, 0.3) is 5.91 Å². The van der Waals surface area contributed by atoms with Crippen LogP contribution < -0.4 is 10.2 Å². The second-order valence-corrected chi connectivity index (χ2v) is 6.19. The van der Waals surface area contributed by atoms with Crippen molar-refractivity contribution in [2.75, 3.05) is 11.4 Å². The Morgan fingerprint density at radius 2 is 2.08 bits per heavy atom.